The summed E-state index contributed by atoms with van der Waals surface area (Å²) in [5, 5.41) is 31.5. The number of nitrogens with zero attached hydrogens (tertiary/aromatic N) is 1. The highest BCUT2D eigenvalue weighted by Gasteiger charge is 2.47. The van der Waals surface area contributed by atoms with Crippen LogP contribution in [0.15, 0.2) is 23.8 Å². The number of rotatable bonds is 4. The maximum Gasteiger partial charge on any atom is 0.307 e. The molecule has 0 spiro atoms. The van der Waals surface area contributed by atoms with Crippen LogP contribution < -0.4 is 4.74 Å². The molecule has 0 radical (unpaired) electrons. The number of hydrogen-bond acceptors (Lipinski definition) is 5. The quantitative estimate of drug-likeness (QED) is 0.579. The molecule has 0 aromatic heterocycles. The summed E-state index contributed by atoms with van der Waals surface area (Å²) in [6.45, 7) is 12.4. The van der Waals surface area contributed by atoms with E-state index in [0.29, 0.717) is 25.9 Å². The number of aliphatic hydroxyl groups excluding tert-OH is 1. The smallest absolute Gasteiger partial charge is 0.307 e. The van der Waals surface area contributed by atoms with E-state index in [9.17, 15) is 20.1 Å². The van der Waals surface area contributed by atoms with E-state index in [-0.39, 0.29) is 34.5 Å². The number of phenolic OH excluding ortho intramolecular Hbond substituents is 1. The molecule has 0 bridgehead atoms. The van der Waals surface area contributed by atoms with Crippen molar-refractivity contribution in [2.75, 3.05) is 19.6 Å². The van der Waals surface area contributed by atoms with E-state index in [1.807, 2.05) is 6.07 Å². The molecular formula is C27H39NO5. The van der Waals surface area contributed by atoms with Gasteiger partial charge in [-0.2, -0.15) is 0 Å². The number of aliphatic carboxylic acids is 1. The van der Waals surface area contributed by atoms with E-state index in [2.05, 4.69) is 51.7 Å². The third-order valence-corrected chi connectivity index (χ3v) is 7.91. The number of allylic oxidation sites excluding steroid dienone is 1. The largest absolute Gasteiger partial charge is 0.508 e. The van der Waals surface area contributed by atoms with E-state index >= 15 is 0 Å². The number of β-amino-alcohol motifs (C(OH)–C–C–N with tert-alkyl or cyclic N) is 1. The lowest BCUT2D eigenvalue weighted by Crippen LogP contribution is -2.47. The Morgan fingerprint density at radius 1 is 1.30 bits per heavy atom. The van der Waals surface area contributed by atoms with Gasteiger partial charge in [-0.15, -0.1) is 0 Å². The topological polar surface area (TPSA) is 90.2 Å². The molecule has 2 heterocycles. The predicted molar refractivity (Wildman–Crippen MR) is 128 cm³/mol. The molecule has 1 aromatic rings. The summed E-state index contributed by atoms with van der Waals surface area (Å²) in [6.07, 6.45) is 4.50. The van der Waals surface area contributed by atoms with Crippen molar-refractivity contribution in [3.8, 4) is 11.5 Å². The first-order valence-electron chi connectivity index (χ1n) is 12.3. The lowest BCUT2D eigenvalue weighted by Gasteiger charge is -2.48. The first-order valence-corrected chi connectivity index (χ1v) is 12.3. The number of ether oxygens (including phenoxy) is 1. The Morgan fingerprint density at radius 3 is 2.70 bits per heavy atom. The van der Waals surface area contributed by atoms with Gasteiger partial charge in [0.15, 0.2) is 0 Å². The second-order valence-electron chi connectivity index (χ2n) is 11.7. The predicted octanol–water partition coefficient (Wildman–Crippen LogP) is 4.44. The number of hydrogen-bond donors (Lipinski definition) is 3. The van der Waals surface area contributed by atoms with Crippen molar-refractivity contribution in [2.24, 2.45) is 11.8 Å². The van der Waals surface area contributed by atoms with Crippen LogP contribution in [0.5, 0.6) is 11.5 Å². The van der Waals surface area contributed by atoms with Gasteiger partial charge in [-0.05, 0) is 74.8 Å². The highest BCUT2D eigenvalue weighted by Crippen LogP contribution is 2.55. The third-order valence-electron chi connectivity index (χ3n) is 7.91. The van der Waals surface area contributed by atoms with Crippen molar-refractivity contribution in [2.45, 2.75) is 83.3 Å². The van der Waals surface area contributed by atoms with Crippen molar-refractivity contribution < 1.29 is 24.9 Å². The molecule has 3 aliphatic rings. The lowest BCUT2D eigenvalue weighted by molar-refractivity contribution is -0.143. The van der Waals surface area contributed by atoms with Gasteiger partial charge in [0, 0.05) is 30.5 Å². The summed E-state index contributed by atoms with van der Waals surface area (Å²) in [6, 6.07) is 3.94. The number of benzene rings is 1. The van der Waals surface area contributed by atoms with Gasteiger partial charge in [-0.3, -0.25) is 9.69 Å². The van der Waals surface area contributed by atoms with Crippen LogP contribution in [-0.2, 0) is 10.2 Å². The average molecular weight is 458 g/mol. The molecule has 1 saturated heterocycles. The van der Waals surface area contributed by atoms with Crippen molar-refractivity contribution in [1.29, 1.82) is 0 Å². The third kappa shape index (κ3) is 4.78. The molecule has 6 heteroatoms. The van der Waals surface area contributed by atoms with Crippen LogP contribution in [0, 0.1) is 11.8 Å². The summed E-state index contributed by atoms with van der Waals surface area (Å²) in [4.78, 5) is 13.5. The SMILES string of the molecule is CC(C)(C)c1cc(O)c2c(c1)OC(C)(C)[C@@H]1CC=C(C(O)CN3CCCC(C(=O)O)C3)C[C@@H]21. The monoisotopic (exact) mass is 457 g/mol. The summed E-state index contributed by atoms with van der Waals surface area (Å²) >= 11 is 0. The minimum Gasteiger partial charge on any atom is -0.508 e. The number of carbonyl (C=O) groups is 1. The van der Waals surface area contributed by atoms with E-state index in [1.165, 1.54) is 0 Å². The number of carboxylic acid groups (broad SMARTS) is 1. The van der Waals surface area contributed by atoms with E-state index in [0.717, 1.165) is 41.8 Å². The van der Waals surface area contributed by atoms with Crippen LogP contribution in [0.2, 0.25) is 0 Å². The Balaban J connectivity index is 1.57. The molecule has 6 nitrogen and oxygen atoms in total. The van der Waals surface area contributed by atoms with Crippen LogP contribution in [0.4, 0.5) is 0 Å². The van der Waals surface area contributed by atoms with Gasteiger partial charge in [-0.1, -0.05) is 26.8 Å². The number of piperidine rings is 1. The lowest BCUT2D eigenvalue weighted by atomic mass is 9.66. The summed E-state index contributed by atoms with van der Waals surface area (Å²) < 4.78 is 6.44. The van der Waals surface area contributed by atoms with E-state index in [1.54, 1.807) is 0 Å². The van der Waals surface area contributed by atoms with Crippen LogP contribution in [0.3, 0.4) is 0 Å². The summed E-state index contributed by atoms with van der Waals surface area (Å²) in [7, 11) is 0. The maximum atomic E-state index is 11.4. The van der Waals surface area contributed by atoms with Crippen molar-refractivity contribution in [3.05, 3.63) is 34.9 Å². The minimum absolute atomic E-state index is 0.0699. The standard InChI is InChI=1S/C27H39NO5/c1-26(2,3)18-12-21(29)24-19-11-16(8-9-20(19)27(4,5)33-23(24)13-18)22(30)15-28-10-6-7-17(14-28)25(31)32/h8,12-13,17,19-20,22,29-30H,6-7,9-11,14-15H2,1-5H3,(H,31,32)/t17?,19-,20-,22?/m1/s1. The number of aromatic hydroxyl groups is 1. The number of carboxylic acids is 1. The highest BCUT2D eigenvalue weighted by atomic mass is 16.5. The van der Waals surface area contributed by atoms with Gasteiger partial charge in [0.05, 0.1) is 12.0 Å². The summed E-state index contributed by atoms with van der Waals surface area (Å²) in [5.41, 5.74) is 2.39. The van der Waals surface area contributed by atoms with Crippen molar-refractivity contribution >= 4 is 5.97 Å². The molecule has 3 N–H and O–H groups in total. The Labute approximate surface area is 197 Å². The van der Waals surface area contributed by atoms with Gasteiger partial charge in [0.1, 0.15) is 17.1 Å². The molecule has 33 heavy (non-hydrogen) atoms. The number of fused-ring (bicyclic) bond motifs is 3. The second kappa shape index (κ2) is 8.62. The number of phenols is 1. The van der Waals surface area contributed by atoms with E-state index < -0.39 is 12.1 Å². The number of aliphatic hydroxyl groups is 1. The zero-order valence-corrected chi connectivity index (χ0v) is 20.6. The fourth-order valence-corrected chi connectivity index (χ4v) is 5.91. The van der Waals surface area contributed by atoms with Crippen LogP contribution in [0.1, 0.15) is 77.3 Å². The molecule has 182 valence electrons. The van der Waals surface area contributed by atoms with Gasteiger partial charge >= 0.3 is 5.97 Å². The Kier molecular flexibility index (Phi) is 6.29. The summed E-state index contributed by atoms with van der Waals surface area (Å²) in [5.74, 6) is 0.202. The zero-order chi connectivity index (χ0) is 24.1. The molecule has 4 rings (SSSR count). The van der Waals surface area contributed by atoms with Gasteiger partial charge in [0.2, 0.25) is 0 Å². The average Bonchev–Trinajstić information content (AvgIpc) is 2.72. The van der Waals surface area contributed by atoms with Gasteiger partial charge in [0.25, 0.3) is 0 Å². The molecule has 4 atom stereocenters. The second-order valence-corrected chi connectivity index (χ2v) is 11.7. The van der Waals surface area contributed by atoms with Crippen molar-refractivity contribution in [3.63, 3.8) is 0 Å². The first-order chi connectivity index (χ1) is 15.4. The van der Waals surface area contributed by atoms with Crippen LogP contribution in [-0.4, -0.2) is 57.5 Å². The Hall–Kier alpha value is -2.05. The fraction of sp³-hybridized carbons (Fsp3) is 0.667. The normalized spacial score (nSPS) is 28.2. The molecule has 2 unspecified atom stereocenters. The molecule has 0 amide bonds. The van der Waals surface area contributed by atoms with Crippen molar-refractivity contribution in [1.82, 2.24) is 4.90 Å². The molecule has 1 fully saturated rings. The molecule has 2 aliphatic heterocycles. The van der Waals surface area contributed by atoms with Crippen LogP contribution in [0.25, 0.3) is 0 Å². The molecule has 0 saturated carbocycles. The molecule has 1 aromatic carbocycles. The van der Waals surface area contributed by atoms with Crippen LogP contribution >= 0.6 is 0 Å². The fourth-order valence-electron chi connectivity index (χ4n) is 5.91. The Bertz CT molecular complexity index is 945. The maximum absolute atomic E-state index is 11.4. The minimum atomic E-state index is -0.750. The zero-order valence-electron chi connectivity index (χ0n) is 20.6. The van der Waals surface area contributed by atoms with Gasteiger partial charge < -0.3 is 20.1 Å². The Morgan fingerprint density at radius 2 is 2.03 bits per heavy atom. The first kappa shape index (κ1) is 24.1. The number of likely N-dealkylation sites (tertiary alicyclic amines) is 1. The van der Waals surface area contributed by atoms with E-state index in [4.69, 9.17) is 4.74 Å². The molecular weight excluding hydrogens is 418 g/mol. The highest BCUT2D eigenvalue weighted by molar-refractivity contribution is 5.70. The van der Waals surface area contributed by atoms with Gasteiger partial charge in [-0.25, -0.2) is 0 Å². The molecule has 1 aliphatic carbocycles.